The predicted octanol–water partition coefficient (Wildman–Crippen LogP) is 3.12. The number of rotatable bonds is 5. The van der Waals surface area contributed by atoms with Gasteiger partial charge in [-0.15, -0.1) is 0 Å². The summed E-state index contributed by atoms with van der Waals surface area (Å²) in [5.41, 5.74) is 2.84. The highest BCUT2D eigenvalue weighted by Gasteiger charge is 2.22. The standard InChI is InChI=1S/C16H25NO2/c1-11(2)17-10-13-7-5-6-12-8-15(18-3)16(19-4)9-14(12)13/h8-9,11,13,17H,5-7,10H2,1-4H3/t13-/m0/s1. The molecule has 0 saturated heterocycles. The fourth-order valence-electron chi connectivity index (χ4n) is 2.82. The van der Waals surface area contributed by atoms with E-state index in [-0.39, 0.29) is 0 Å². The summed E-state index contributed by atoms with van der Waals surface area (Å²) in [6, 6.07) is 4.85. The highest BCUT2D eigenvalue weighted by Crippen LogP contribution is 2.38. The zero-order valence-electron chi connectivity index (χ0n) is 12.5. The molecule has 0 saturated carbocycles. The maximum absolute atomic E-state index is 5.43. The summed E-state index contributed by atoms with van der Waals surface area (Å²) in [5.74, 6) is 2.28. The Morgan fingerprint density at radius 3 is 2.53 bits per heavy atom. The van der Waals surface area contributed by atoms with E-state index in [1.165, 1.54) is 24.0 Å². The van der Waals surface area contributed by atoms with Crippen LogP contribution in [0.5, 0.6) is 11.5 Å². The Hall–Kier alpha value is -1.22. The third-order valence-electron chi connectivity index (χ3n) is 3.86. The second-order valence-electron chi connectivity index (χ2n) is 5.56. The SMILES string of the molecule is COc1cc2c(cc1OC)[C@H](CNC(C)C)CCC2. The molecule has 0 fully saturated rings. The largest absolute Gasteiger partial charge is 0.493 e. The minimum atomic E-state index is 0.533. The lowest BCUT2D eigenvalue weighted by atomic mass is 9.82. The Morgan fingerprint density at radius 2 is 1.89 bits per heavy atom. The summed E-state index contributed by atoms with van der Waals surface area (Å²) in [6.45, 7) is 5.43. The summed E-state index contributed by atoms with van der Waals surface area (Å²) < 4.78 is 10.8. The monoisotopic (exact) mass is 263 g/mol. The first-order chi connectivity index (χ1) is 9.15. The Bertz CT molecular complexity index is 429. The quantitative estimate of drug-likeness (QED) is 0.885. The molecule has 2 rings (SSSR count). The lowest BCUT2D eigenvalue weighted by Gasteiger charge is -2.27. The minimum absolute atomic E-state index is 0.533. The van der Waals surface area contributed by atoms with Crippen LogP contribution in [0.2, 0.25) is 0 Å². The number of hydrogen-bond acceptors (Lipinski definition) is 3. The van der Waals surface area contributed by atoms with Gasteiger partial charge < -0.3 is 14.8 Å². The van der Waals surface area contributed by atoms with Crippen LogP contribution in [-0.2, 0) is 6.42 Å². The van der Waals surface area contributed by atoms with Gasteiger partial charge in [0.25, 0.3) is 0 Å². The van der Waals surface area contributed by atoms with Crippen LogP contribution in [0.15, 0.2) is 12.1 Å². The summed E-state index contributed by atoms with van der Waals surface area (Å²) in [6.07, 6.45) is 3.66. The van der Waals surface area contributed by atoms with Crippen molar-refractivity contribution in [2.45, 2.75) is 45.1 Å². The average molecular weight is 263 g/mol. The van der Waals surface area contributed by atoms with Crippen molar-refractivity contribution in [1.29, 1.82) is 0 Å². The lowest BCUT2D eigenvalue weighted by Crippen LogP contribution is -2.29. The Balaban J connectivity index is 2.27. The second-order valence-corrected chi connectivity index (χ2v) is 5.56. The fourth-order valence-corrected chi connectivity index (χ4v) is 2.82. The van der Waals surface area contributed by atoms with Crippen molar-refractivity contribution in [1.82, 2.24) is 5.32 Å². The molecule has 0 amide bonds. The summed E-state index contributed by atoms with van der Waals surface area (Å²) in [4.78, 5) is 0. The smallest absolute Gasteiger partial charge is 0.161 e. The second kappa shape index (κ2) is 6.29. The maximum atomic E-state index is 5.43. The van der Waals surface area contributed by atoms with E-state index in [0.717, 1.165) is 24.5 Å². The Morgan fingerprint density at radius 1 is 1.21 bits per heavy atom. The summed E-state index contributed by atoms with van der Waals surface area (Å²) in [7, 11) is 3.40. The van der Waals surface area contributed by atoms with Gasteiger partial charge in [-0.1, -0.05) is 13.8 Å². The van der Waals surface area contributed by atoms with Gasteiger partial charge >= 0.3 is 0 Å². The van der Waals surface area contributed by atoms with Crippen molar-refractivity contribution >= 4 is 0 Å². The number of hydrogen-bond donors (Lipinski definition) is 1. The Kier molecular flexibility index (Phi) is 4.70. The molecular formula is C16H25NO2. The van der Waals surface area contributed by atoms with Crippen molar-refractivity contribution in [3.05, 3.63) is 23.3 Å². The molecule has 1 aliphatic rings. The van der Waals surface area contributed by atoms with E-state index >= 15 is 0 Å². The molecule has 1 aliphatic carbocycles. The molecule has 0 bridgehead atoms. The molecule has 1 N–H and O–H groups in total. The van der Waals surface area contributed by atoms with E-state index < -0.39 is 0 Å². The van der Waals surface area contributed by atoms with Gasteiger partial charge in [-0.2, -0.15) is 0 Å². The zero-order chi connectivity index (χ0) is 13.8. The van der Waals surface area contributed by atoms with Crippen molar-refractivity contribution in [2.24, 2.45) is 0 Å². The molecule has 0 radical (unpaired) electrons. The molecule has 3 heteroatoms. The molecule has 1 aromatic carbocycles. The lowest BCUT2D eigenvalue weighted by molar-refractivity contribution is 0.352. The molecule has 0 heterocycles. The van der Waals surface area contributed by atoms with Gasteiger partial charge in [0.2, 0.25) is 0 Å². The normalized spacial score (nSPS) is 18.3. The molecule has 1 atom stereocenters. The first kappa shape index (κ1) is 14.2. The van der Waals surface area contributed by atoms with E-state index in [2.05, 4.69) is 31.3 Å². The highest BCUT2D eigenvalue weighted by molar-refractivity contribution is 5.49. The van der Waals surface area contributed by atoms with E-state index in [4.69, 9.17) is 9.47 Å². The van der Waals surface area contributed by atoms with Crippen molar-refractivity contribution in [2.75, 3.05) is 20.8 Å². The van der Waals surface area contributed by atoms with Crippen LogP contribution in [0.4, 0.5) is 0 Å². The fraction of sp³-hybridized carbons (Fsp3) is 0.625. The zero-order valence-corrected chi connectivity index (χ0v) is 12.5. The molecular weight excluding hydrogens is 238 g/mol. The number of ether oxygens (including phenoxy) is 2. The van der Waals surface area contributed by atoms with Gasteiger partial charge in [-0.3, -0.25) is 0 Å². The van der Waals surface area contributed by atoms with Crippen LogP contribution >= 0.6 is 0 Å². The predicted molar refractivity (Wildman–Crippen MR) is 78.4 cm³/mol. The van der Waals surface area contributed by atoms with Crippen LogP contribution in [0.25, 0.3) is 0 Å². The number of aryl methyl sites for hydroxylation is 1. The molecule has 0 aliphatic heterocycles. The maximum Gasteiger partial charge on any atom is 0.161 e. The van der Waals surface area contributed by atoms with Gasteiger partial charge in [0.15, 0.2) is 11.5 Å². The van der Waals surface area contributed by atoms with Crippen molar-refractivity contribution < 1.29 is 9.47 Å². The van der Waals surface area contributed by atoms with E-state index in [1.807, 2.05) is 0 Å². The molecule has 0 aromatic heterocycles. The molecule has 1 aromatic rings. The van der Waals surface area contributed by atoms with Crippen LogP contribution in [-0.4, -0.2) is 26.8 Å². The van der Waals surface area contributed by atoms with E-state index in [1.54, 1.807) is 14.2 Å². The number of fused-ring (bicyclic) bond motifs is 1. The average Bonchev–Trinajstić information content (AvgIpc) is 2.43. The topological polar surface area (TPSA) is 30.5 Å². The minimum Gasteiger partial charge on any atom is -0.493 e. The van der Waals surface area contributed by atoms with E-state index in [0.29, 0.717) is 12.0 Å². The van der Waals surface area contributed by atoms with Gasteiger partial charge in [0.1, 0.15) is 0 Å². The van der Waals surface area contributed by atoms with Gasteiger partial charge in [0.05, 0.1) is 14.2 Å². The highest BCUT2D eigenvalue weighted by atomic mass is 16.5. The van der Waals surface area contributed by atoms with E-state index in [9.17, 15) is 0 Å². The number of benzene rings is 1. The first-order valence-corrected chi connectivity index (χ1v) is 7.14. The first-order valence-electron chi connectivity index (χ1n) is 7.14. The van der Waals surface area contributed by atoms with Gasteiger partial charge in [-0.05, 0) is 48.4 Å². The van der Waals surface area contributed by atoms with Gasteiger partial charge in [0, 0.05) is 12.6 Å². The molecule has 0 spiro atoms. The third-order valence-corrected chi connectivity index (χ3v) is 3.86. The number of nitrogens with one attached hydrogen (secondary N) is 1. The molecule has 0 unspecified atom stereocenters. The molecule has 3 nitrogen and oxygen atoms in total. The van der Waals surface area contributed by atoms with Crippen LogP contribution in [0, 0.1) is 0 Å². The third kappa shape index (κ3) is 3.21. The van der Waals surface area contributed by atoms with Crippen LogP contribution < -0.4 is 14.8 Å². The van der Waals surface area contributed by atoms with Crippen molar-refractivity contribution in [3.8, 4) is 11.5 Å². The van der Waals surface area contributed by atoms with Crippen LogP contribution in [0.1, 0.15) is 43.7 Å². The molecule has 106 valence electrons. The summed E-state index contributed by atoms with van der Waals surface area (Å²) >= 11 is 0. The van der Waals surface area contributed by atoms with Crippen LogP contribution in [0.3, 0.4) is 0 Å². The molecule has 19 heavy (non-hydrogen) atoms. The summed E-state index contributed by atoms with van der Waals surface area (Å²) in [5, 5.41) is 3.55. The van der Waals surface area contributed by atoms with Crippen molar-refractivity contribution in [3.63, 3.8) is 0 Å². The number of methoxy groups -OCH3 is 2. The van der Waals surface area contributed by atoms with Gasteiger partial charge in [-0.25, -0.2) is 0 Å². The Labute approximate surface area is 116 Å².